The van der Waals surface area contributed by atoms with E-state index in [-0.39, 0.29) is 0 Å². The normalized spacial score (nSPS) is 14.8. The van der Waals surface area contributed by atoms with Gasteiger partial charge in [0.1, 0.15) is 5.82 Å². The van der Waals surface area contributed by atoms with Crippen LogP contribution in [0.1, 0.15) is 19.3 Å². The molecule has 2 amide bonds. The highest BCUT2D eigenvalue weighted by molar-refractivity contribution is 5.83. The van der Waals surface area contributed by atoms with Crippen LogP contribution < -0.4 is 16.4 Å². The molecule has 102 valence electrons. The molecule has 5 heteroatoms. The number of nitrogens with one attached hydrogen (secondary N) is 1. The standard InChI is InChI=1S/C13H16N2.CH4N2O/c1-4-8-15(9-5-1)13-10-11-6-2-3-7-12(11)14-13;2-1(3)4/h2-3,6-7,10,14H,1,4-5,8-9H2;(H4,2,3,4). The highest BCUT2D eigenvalue weighted by Crippen LogP contribution is 2.23. The second kappa shape index (κ2) is 6.13. The molecule has 5 N–H and O–H groups in total. The lowest BCUT2D eigenvalue weighted by Gasteiger charge is -2.27. The van der Waals surface area contributed by atoms with E-state index in [0.717, 1.165) is 0 Å². The van der Waals surface area contributed by atoms with E-state index in [2.05, 4.69) is 51.7 Å². The molecule has 19 heavy (non-hydrogen) atoms. The summed E-state index contributed by atoms with van der Waals surface area (Å²) in [6, 6.07) is 9.91. The van der Waals surface area contributed by atoms with Crippen molar-refractivity contribution in [1.29, 1.82) is 0 Å². The van der Waals surface area contributed by atoms with E-state index in [1.807, 2.05) is 0 Å². The van der Waals surface area contributed by atoms with E-state index >= 15 is 0 Å². The first-order chi connectivity index (χ1) is 9.16. The van der Waals surface area contributed by atoms with Crippen LogP contribution in [-0.4, -0.2) is 24.1 Å². The van der Waals surface area contributed by atoms with Gasteiger partial charge in [0.15, 0.2) is 0 Å². The summed E-state index contributed by atoms with van der Waals surface area (Å²) in [5.74, 6) is 1.29. The number of rotatable bonds is 1. The molecule has 0 unspecified atom stereocenters. The maximum absolute atomic E-state index is 9.00. The largest absolute Gasteiger partial charge is 0.358 e. The summed E-state index contributed by atoms with van der Waals surface area (Å²) in [5.41, 5.74) is 9.75. The summed E-state index contributed by atoms with van der Waals surface area (Å²) in [7, 11) is 0. The average molecular weight is 260 g/mol. The quantitative estimate of drug-likeness (QED) is 0.733. The van der Waals surface area contributed by atoms with Crippen LogP contribution in [0.25, 0.3) is 10.9 Å². The predicted molar refractivity (Wildman–Crippen MR) is 78.1 cm³/mol. The van der Waals surface area contributed by atoms with Gasteiger partial charge >= 0.3 is 6.03 Å². The molecule has 1 saturated heterocycles. The molecule has 0 radical (unpaired) electrons. The minimum absolute atomic E-state index is 0.833. The third-order valence-corrected chi connectivity index (χ3v) is 3.21. The van der Waals surface area contributed by atoms with Crippen molar-refractivity contribution < 1.29 is 4.79 Å². The third kappa shape index (κ3) is 3.64. The summed E-state index contributed by atoms with van der Waals surface area (Å²) in [6.45, 7) is 2.40. The Bertz CT molecular complexity index is 506. The van der Waals surface area contributed by atoms with Gasteiger partial charge in [0.05, 0.1) is 0 Å². The number of nitrogens with two attached hydrogens (primary N) is 2. The molecular weight excluding hydrogens is 240 g/mol. The van der Waals surface area contributed by atoms with Crippen molar-refractivity contribution in [3.8, 4) is 0 Å². The number of carbonyl (C=O) groups excluding carboxylic acids is 1. The summed E-state index contributed by atoms with van der Waals surface area (Å²) >= 11 is 0. The third-order valence-electron chi connectivity index (χ3n) is 3.21. The first kappa shape index (κ1) is 13.3. The van der Waals surface area contributed by atoms with Crippen molar-refractivity contribution in [3.63, 3.8) is 0 Å². The highest BCUT2D eigenvalue weighted by atomic mass is 16.2. The van der Waals surface area contributed by atoms with E-state index in [9.17, 15) is 0 Å². The topological polar surface area (TPSA) is 88.1 Å². The van der Waals surface area contributed by atoms with Crippen molar-refractivity contribution >= 4 is 22.8 Å². The SMILES string of the molecule is NC(N)=O.c1ccc2[nH]c(N3CCCCC3)cc2c1. The van der Waals surface area contributed by atoms with Crippen LogP contribution in [0.4, 0.5) is 10.6 Å². The van der Waals surface area contributed by atoms with Crippen LogP contribution in [0.3, 0.4) is 0 Å². The molecular formula is C14H20N4O. The van der Waals surface area contributed by atoms with E-state index in [0.29, 0.717) is 0 Å². The Morgan fingerprint density at radius 3 is 2.37 bits per heavy atom. The fourth-order valence-corrected chi connectivity index (χ4v) is 2.36. The zero-order chi connectivity index (χ0) is 13.7. The maximum atomic E-state index is 9.00. The first-order valence-corrected chi connectivity index (χ1v) is 6.54. The Balaban J connectivity index is 0.000000297. The second-order valence-electron chi connectivity index (χ2n) is 4.69. The van der Waals surface area contributed by atoms with E-state index in [4.69, 9.17) is 4.79 Å². The van der Waals surface area contributed by atoms with Crippen LogP contribution in [0.15, 0.2) is 30.3 Å². The molecule has 0 atom stereocenters. The van der Waals surface area contributed by atoms with Crippen molar-refractivity contribution in [2.24, 2.45) is 11.5 Å². The number of carbonyl (C=O) groups is 1. The number of fused-ring (bicyclic) bond motifs is 1. The Hall–Kier alpha value is -2.17. The maximum Gasteiger partial charge on any atom is 0.309 e. The lowest BCUT2D eigenvalue weighted by atomic mass is 10.1. The summed E-state index contributed by atoms with van der Waals surface area (Å²) in [6.07, 6.45) is 4.04. The number of hydrogen-bond acceptors (Lipinski definition) is 2. The smallest absolute Gasteiger partial charge is 0.309 e. The Morgan fingerprint density at radius 1 is 1.11 bits per heavy atom. The van der Waals surface area contributed by atoms with Gasteiger partial charge in [-0.2, -0.15) is 0 Å². The van der Waals surface area contributed by atoms with Gasteiger partial charge in [0.25, 0.3) is 0 Å². The minimum atomic E-state index is -0.833. The molecule has 2 heterocycles. The molecule has 2 aromatic rings. The number of hydrogen-bond donors (Lipinski definition) is 3. The van der Waals surface area contributed by atoms with Gasteiger partial charge < -0.3 is 21.4 Å². The Morgan fingerprint density at radius 2 is 1.74 bits per heavy atom. The van der Waals surface area contributed by atoms with Crippen LogP contribution in [0.2, 0.25) is 0 Å². The number of H-pyrrole nitrogens is 1. The fraction of sp³-hybridized carbons (Fsp3) is 0.357. The lowest BCUT2D eigenvalue weighted by molar-refractivity contribution is 0.256. The van der Waals surface area contributed by atoms with Gasteiger partial charge in [-0.3, -0.25) is 0 Å². The van der Waals surface area contributed by atoms with Gasteiger partial charge in [-0.25, -0.2) is 4.79 Å². The number of urea groups is 1. The van der Waals surface area contributed by atoms with Crippen molar-refractivity contribution in [1.82, 2.24) is 4.98 Å². The zero-order valence-electron chi connectivity index (χ0n) is 10.9. The van der Waals surface area contributed by atoms with Gasteiger partial charge in [0.2, 0.25) is 0 Å². The number of para-hydroxylation sites is 1. The number of primary amides is 2. The van der Waals surface area contributed by atoms with Gasteiger partial charge in [0, 0.05) is 24.0 Å². The van der Waals surface area contributed by atoms with Gasteiger partial charge in [-0.05, 0) is 31.4 Å². The zero-order valence-corrected chi connectivity index (χ0v) is 10.9. The number of aromatic amines is 1. The summed E-state index contributed by atoms with van der Waals surface area (Å²) in [4.78, 5) is 15.0. The monoisotopic (exact) mass is 260 g/mol. The second-order valence-corrected chi connectivity index (χ2v) is 4.69. The molecule has 0 bridgehead atoms. The van der Waals surface area contributed by atoms with Crippen molar-refractivity contribution in [3.05, 3.63) is 30.3 Å². The number of amides is 2. The van der Waals surface area contributed by atoms with Crippen LogP contribution in [0.5, 0.6) is 0 Å². The van der Waals surface area contributed by atoms with E-state index in [1.165, 1.54) is 49.1 Å². The molecule has 5 nitrogen and oxygen atoms in total. The fourth-order valence-electron chi connectivity index (χ4n) is 2.36. The van der Waals surface area contributed by atoms with Gasteiger partial charge in [-0.15, -0.1) is 0 Å². The molecule has 1 aliphatic rings. The lowest BCUT2D eigenvalue weighted by Crippen LogP contribution is -2.29. The highest BCUT2D eigenvalue weighted by Gasteiger charge is 2.12. The average Bonchev–Trinajstić information content (AvgIpc) is 2.83. The van der Waals surface area contributed by atoms with Crippen molar-refractivity contribution in [2.75, 3.05) is 18.0 Å². The number of aromatic nitrogens is 1. The number of piperidine rings is 1. The summed E-state index contributed by atoms with van der Waals surface area (Å²) < 4.78 is 0. The molecule has 3 rings (SSSR count). The van der Waals surface area contributed by atoms with E-state index < -0.39 is 6.03 Å². The van der Waals surface area contributed by atoms with Crippen LogP contribution in [0, 0.1) is 0 Å². The number of benzene rings is 1. The number of anilines is 1. The van der Waals surface area contributed by atoms with E-state index in [1.54, 1.807) is 0 Å². The van der Waals surface area contributed by atoms with Crippen molar-refractivity contribution in [2.45, 2.75) is 19.3 Å². The minimum Gasteiger partial charge on any atom is -0.358 e. The summed E-state index contributed by atoms with van der Waals surface area (Å²) in [5, 5.41) is 1.32. The molecule has 1 aliphatic heterocycles. The first-order valence-electron chi connectivity index (χ1n) is 6.54. The van der Waals surface area contributed by atoms with Crippen LogP contribution in [-0.2, 0) is 0 Å². The number of nitrogens with zero attached hydrogens (tertiary/aromatic N) is 1. The molecule has 0 spiro atoms. The molecule has 1 aromatic carbocycles. The van der Waals surface area contributed by atoms with Crippen LogP contribution >= 0.6 is 0 Å². The molecule has 1 fully saturated rings. The Labute approximate surface area is 112 Å². The molecule has 0 saturated carbocycles. The molecule has 1 aromatic heterocycles. The molecule has 0 aliphatic carbocycles. The predicted octanol–water partition coefficient (Wildman–Crippen LogP) is 2.18. The van der Waals surface area contributed by atoms with Gasteiger partial charge in [-0.1, -0.05) is 18.2 Å². The Kier molecular flexibility index (Phi) is 4.28.